The van der Waals surface area contributed by atoms with E-state index in [0.717, 1.165) is 35.2 Å². The number of aryl methyl sites for hydroxylation is 1. The van der Waals surface area contributed by atoms with Crippen molar-refractivity contribution >= 4 is 11.5 Å². The van der Waals surface area contributed by atoms with Gasteiger partial charge in [-0.25, -0.2) is 15.3 Å². The van der Waals surface area contributed by atoms with Crippen LogP contribution in [0.1, 0.15) is 63.1 Å². The van der Waals surface area contributed by atoms with E-state index in [0.29, 0.717) is 30.2 Å². The fraction of sp³-hybridized carbons (Fsp3) is 0.345. The highest BCUT2D eigenvalue weighted by Gasteiger charge is 2.24. The van der Waals surface area contributed by atoms with Crippen molar-refractivity contribution in [1.82, 2.24) is 20.0 Å². The van der Waals surface area contributed by atoms with Crippen molar-refractivity contribution in [2.45, 2.75) is 64.9 Å². The summed E-state index contributed by atoms with van der Waals surface area (Å²) >= 11 is 0. The maximum atomic E-state index is 13.0. The summed E-state index contributed by atoms with van der Waals surface area (Å²) < 4.78 is 38.5. The largest absolute Gasteiger partial charge is 0.457 e. The summed E-state index contributed by atoms with van der Waals surface area (Å²) in [4.78, 5) is 4.70. The number of alkyl halides is 2. The second-order valence-corrected chi connectivity index (χ2v) is 9.82. The van der Waals surface area contributed by atoms with Gasteiger partial charge in [0.2, 0.25) is 0 Å². The first kappa shape index (κ1) is 28.8. The van der Waals surface area contributed by atoms with Gasteiger partial charge < -0.3 is 20.7 Å². The Labute approximate surface area is 232 Å². The molecule has 4 aromatic rings. The molecule has 0 spiro atoms. The zero-order valence-electron chi connectivity index (χ0n) is 22.9. The zero-order chi connectivity index (χ0) is 28.7. The van der Waals surface area contributed by atoms with E-state index in [9.17, 15) is 8.78 Å². The highest BCUT2D eigenvalue weighted by atomic mass is 19.3. The minimum atomic E-state index is -3.22. The van der Waals surface area contributed by atoms with Gasteiger partial charge in [-0.3, -0.25) is 0 Å². The van der Waals surface area contributed by atoms with Gasteiger partial charge in [0.05, 0.1) is 11.9 Å². The monoisotopic (exact) mass is 551 g/mol. The van der Waals surface area contributed by atoms with Gasteiger partial charge in [-0.05, 0) is 68.7 Å². The van der Waals surface area contributed by atoms with E-state index in [1.54, 1.807) is 19.1 Å². The molecule has 5 rings (SSSR count). The number of aromatic nitrogens is 3. The summed E-state index contributed by atoms with van der Waals surface area (Å²) in [7, 11) is 0. The van der Waals surface area contributed by atoms with E-state index < -0.39 is 6.11 Å². The minimum absolute atomic E-state index is 0.0854. The second-order valence-electron chi connectivity index (χ2n) is 9.82. The number of hydrazone groups is 1. The fourth-order valence-electron chi connectivity index (χ4n) is 4.71. The zero-order valence-corrected chi connectivity index (χ0v) is 22.9. The van der Waals surface area contributed by atoms with Crippen LogP contribution in [-0.4, -0.2) is 26.5 Å². The van der Waals surface area contributed by atoms with Crippen molar-refractivity contribution in [3.63, 3.8) is 0 Å². The molecule has 0 amide bonds. The summed E-state index contributed by atoms with van der Waals surface area (Å²) in [6, 6.07) is 14.0. The van der Waals surface area contributed by atoms with Crippen LogP contribution in [0.3, 0.4) is 0 Å². The molecule has 40 heavy (non-hydrogen) atoms. The fourth-order valence-corrected chi connectivity index (χ4v) is 4.71. The smallest absolute Gasteiger partial charge is 0.394 e. The summed E-state index contributed by atoms with van der Waals surface area (Å²) in [6.45, 7) is 4.41. The third-order valence-corrected chi connectivity index (χ3v) is 6.66. The molecular formula is C29H35F2N7O2. The van der Waals surface area contributed by atoms with Crippen molar-refractivity contribution in [3.05, 3.63) is 72.2 Å². The molecule has 1 aliphatic carbocycles. The first-order valence-corrected chi connectivity index (χ1v) is 13.2. The Morgan fingerprint density at radius 3 is 2.15 bits per heavy atom. The molecule has 1 fully saturated rings. The number of nitrogens with one attached hydrogen (secondary N) is 1. The van der Waals surface area contributed by atoms with Crippen molar-refractivity contribution in [2.24, 2.45) is 16.8 Å². The summed E-state index contributed by atoms with van der Waals surface area (Å²) in [6.07, 6.45) is 6.71. The lowest BCUT2D eigenvalue weighted by Crippen LogP contribution is -2.28. The molecule has 5 N–H and O–H groups in total. The number of nitrogens with zero attached hydrogens (tertiary/aromatic N) is 4. The molecule has 212 valence electrons. The lowest BCUT2D eigenvalue weighted by atomic mass is 9.84. The molecule has 0 atom stereocenters. The molecule has 0 radical (unpaired) electrons. The van der Waals surface area contributed by atoms with Crippen molar-refractivity contribution in [3.8, 4) is 28.4 Å². The molecule has 2 heterocycles. The maximum Gasteiger partial charge on any atom is 0.394 e. The van der Waals surface area contributed by atoms with Crippen molar-refractivity contribution < 1.29 is 18.3 Å². The quantitative estimate of drug-likeness (QED) is 0.111. The second kappa shape index (κ2) is 12.7. The summed E-state index contributed by atoms with van der Waals surface area (Å²) in [5.74, 6) is 11.8. The van der Waals surface area contributed by atoms with Crippen LogP contribution < -0.4 is 26.6 Å². The highest BCUT2D eigenvalue weighted by molar-refractivity contribution is 5.78. The molecule has 11 heteroatoms. The minimum Gasteiger partial charge on any atom is -0.457 e. The molecular weight excluding hydrogens is 516 g/mol. The molecule has 0 aliphatic heterocycles. The van der Waals surface area contributed by atoms with Crippen LogP contribution in [0.25, 0.3) is 16.8 Å². The summed E-state index contributed by atoms with van der Waals surface area (Å²) in [5, 5.41) is 7.84. The number of benzene rings is 2. The number of nitrogens with two attached hydrogens (primary N) is 2. The number of hydrazine groups is 1. The molecule has 0 saturated heterocycles. The average Bonchev–Trinajstić information content (AvgIpc) is 3.34. The molecule has 0 bridgehead atoms. The Morgan fingerprint density at radius 2 is 1.60 bits per heavy atom. The van der Waals surface area contributed by atoms with Crippen molar-refractivity contribution in [1.29, 1.82) is 0 Å². The van der Waals surface area contributed by atoms with Gasteiger partial charge in [-0.15, -0.1) is 0 Å². The van der Waals surface area contributed by atoms with Crippen LogP contribution in [-0.2, 0) is 0 Å². The highest BCUT2D eigenvalue weighted by Crippen LogP contribution is 2.39. The van der Waals surface area contributed by atoms with E-state index >= 15 is 0 Å². The SMILES string of the molecule is C/C(=N/N)NN.Cc1cnn2c(C3CCCCC3)c(-c3ccc(Oc4ccc(OC(C)(F)F)cc4)cc3)cnc12. The Morgan fingerprint density at radius 1 is 1.00 bits per heavy atom. The van der Waals surface area contributed by atoms with Crippen LogP contribution in [0.2, 0.25) is 0 Å². The normalized spacial score (nSPS) is 14.4. The number of fused-ring (bicyclic) bond motifs is 1. The Bertz CT molecular complexity index is 1430. The molecule has 1 aliphatic rings. The molecule has 0 unspecified atom stereocenters. The number of ether oxygens (including phenoxy) is 2. The topological polar surface area (TPSA) is 125 Å². The van der Waals surface area contributed by atoms with Crippen LogP contribution in [0, 0.1) is 6.92 Å². The van der Waals surface area contributed by atoms with Crippen LogP contribution in [0.4, 0.5) is 8.78 Å². The Balaban J connectivity index is 0.000000557. The van der Waals surface area contributed by atoms with Crippen LogP contribution in [0.15, 0.2) is 66.0 Å². The first-order chi connectivity index (χ1) is 19.2. The van der Waals surface area contributed by atoms with Crippen LogP contribution in [0.5, 0.6) is 17.2 Å². The maximum absolute atomic E-state index is 13.0. The van der Waals surface area contributed by atoms with E-state index in [4.69, 9.17) is 21.4 Å². The lowest BCUT2D eigenvalue weighted by Gasteiger charge is -2.25. The van der Waals surface area contributed by atoms with E-state index in [1.165, 1.54) is 37.1 Å². The van der Waals surface area contributed by atoms with Gasteiger partial charge in [0.15, 0.2) is 5.65 Å². The number of amidine groups is 1. The standard InChI is InChI=1S/C27H27F2N3O2.C2H8N4/c1-18-16-31-32-25(20-6-4-3-5-7-20)24(17-30-26(18)32)19-8-10-21(11-9-19)33-22-12-14-23(15-13-22)34-27(2,28)29;1-2(5-3)6-4/h8-17,20H,3-7H2,1-2H3;3-4H2,1H3,(H,5,6). The van der Waals surface area contributed by atoms with Gasteiger partial charge >= 0.3 is 6.11 Å². The summed E-state index contributed by atoms with van der Waals surface area (Å²) in [5.41, 5.74) is 7.61. The number of hydrogen-bond acceptors (Lipinski definition) is 7. The van der Waals surface area contributed by atoms with E-state index in [1.807, 2.05) is 48.1 Å². The number of halogens is 2. The molecule has 2 aromatic heterocycles. The van der Waals surface area contributed by atoms with Gasteiger partial charge in [-0.2, -0.15) is 19.0 Å². The lowest BCUT2D eigenvalue weighted by molar-refractivity contribution is -0.158. The van der Waals surface area contributed by atoms with Gasteiger partial charge in [-0.1, -0.05) is 31.4 Å². The molecule has 1 saturated carbocycles. The van der Waals surface area contributed by atoms with Gasteiger partial charge in [0, 0.05) is 30.2 Å². The van der Waals surface area contributed by atoms with E-state index in [2.05, 4.69) is 20.4 Å². The van der Waals surface area contributed by atoms with Crippen LogP contribution >= 0.6 is 0 Å². The molecule has 2 aromatic carbocycles. The average molecular weight is 552 g/mol. The number of hydrogen-bond donors (Lipinski definition) is 3. The predicted octanol–water partition coefficient (Wildman–Crippen LogP) is 6.28. The van der Waals surface area contributed by atoms with Gasteiger partial charge in [0.1, 0.15) is 23.1 Å². The van der Waals surface area contributed by atoms with Gasteiger partial charge in [0.25, 0.3) is 0 Å². The molecule has 9 nitrogen and oxygen atoms in total. The Kier molecular flexibility index (Phi) is 9.15. The number of rotatable bonds is 6. The van der Waals surface area contributed by atoms with Crippen molar-refractivity contribution in [2.75, 3.05) is 0 Å². The predicted molar refractivity (Wildman–Crippen MR) is 151 cm³/mol. The Hall–Kier alpha value is -4.25. The third kappa shape index (κ3) is 7.23. The van der Waals surface area contributed by atoms with E-state index in [-0.39, 0.29) is 5.75 Å². The first-order valence-electron chi connectivity index (χ1n) is 13.2. The third-order valence-electron chi connectivity index (χ3n) is 6.66.